The first-order chi connectivity index (χ1) is 25.2. The number of benzene rings is 7. The van der Waals surface area contributed by atoms with Gasteiger partial charge in [-0.25, -0.2) is 9.98 Å². The third-order valence-corrected chi connectivity index (χ3v) is 10.0. The summed E-state index contributed by atoms with van der Waals surface area (Å²) in [5.41, 5.74) is 10.6. The Morgan fingerprint density at radius 3 is 2.06 bits per heavy atom. The van der Waals surface area contributed by atoms with E-state index in [1.807, 2.05) is 24.3 Å². The summed E-state index contributed by atoms with van der Waals surface area (Å²) < 4.78 is 8.91. The average molecular weight is 657 g/mol. The number of aromatic nitrogens is 1. The zero-order valence-electron chi connectivity index (χ0n) is 27.9. The number of fused-ring (bicyclic) bond motifs is 6. The molecule has 5 nitrogen and oxygen atoms in total. The lowest BCUT2D eigenvalue weighted by atomic mass is 9.98. The largest absolute Gasteiger partial charge is 0.456 e. The first-order valence-electron chi connectivity index (χ1n) is 17.3. The third kappa shape index (κ3) is 4.77. The standard InChI is InChI=1S/C46H32N4O/c1-49-45(31-16-7-3-8-17-31)47-44(30-14-5-2-6-15-30)48-46(49)33-25-27-41-38(28-33)36-26-24-32(29-42(36)51-41)35-21-13-23-40-43(35)37-20-11-12-22-39(37)50(40)34-18-9-4-10-19-34/h2-29,45H,1H3. The summed E-state index contributed by atoms with van der Waals surface area (Å²) in [6.07, 6.45) is -0.205. The molecule has 9 aromatic rings. The Morgan fingerprint density at radius 1 is 0.529 bits per heavy atom. The quantitative estimate of drug-likeness (QED) is 0.185. The van der Waals surface area contributed by atoms with Crippen molar-refractivity contribution in [3.63, 3.8) is 0 Å². The minimum atomic E-state index is -0.205. The van der Waals surface area contributed by atoms with Crippen LogP contribution in [0.25, 0.3) is 60.6 Å². The number of hydrogen-bond donors (Lipinski definition) is 0. The van der Waals surface area contributed by atoms with Gasteiger partial charge in [0.1, 0.15) is 23.2 Å². The maximum atomic E-state index is 6.56. The summed E-state index contributed by atoms with van der Waals surface area (Å²) in [7, 11) is 2.07. The molecular formula is C46H32N4O. The van der Waals surface area contributed by atoms with E-state index >= 15 is 0 Å². The van der Waals surface area contributed by atoms with Crippen LogP contribution in [0.1, 0.15) is 22.9 Å². The molecule has 1 unspecified atom stereocenters. The van der Waals surface area contributed by atoms with Crippen molar-refractivity contribution in [2.24, 2.45) is 9.98 Å². The maximum Gasteiger partial charge on any atom is 0.159 e. The van der Waals surface area contributed by atoms with Crippen LogP contribution in [0.3, 0.4) is 0 Å². The van der Waals surface area contributed by atoms with Crippen LogP contribution in [0, 0.1) is 0 Å². The monoisotopic (exact) mass is 656 g/mol. The van der Waals surface area contributed by atoms with E-state index in [-0.39, 0.29) is 6.17 Å². The van der Waals surface area contributed by atoms with Crippen LogP contribution in [-0.4, -0.2) is 28.2 Å². The molecule has 0 N–H and O–H groups in total. The van der Waals surface area contributed by atoms with E-state index in [1.54, 1.807) is 0 Å². The van der Waals surface area contributed by atoms with E-state index < -0.39 is 0 Å². The van der Waals surface area contributed by atoms with Gasteiger partial charge in [0, 0.05) is 45.4 Å². The molecule has 10 rings (SSSR count). The van der Waals surface area contributed by atoms with Crippen LogP contribution >= 0.6 is 0 Å². The third-order valence-electron chi connectivity index (χ3n) is 10.0. The average Bonchev–Trinajstić information content (AvgIpc) is 3.74. The van der Waals surface area contributed by atoms with Gasteiger partial charge in [0.15, 0.2) is 5.84 Å². The highest BCUT2D eigenvalue weighted by molar-refractivity contribution is 6.18. The lowest BCUT2D eigenvalue weighted by Gasteiger charge is -2.32. The first-order valence-corrected chi connectivity index (χ1v) is 17.3. The Morgan fingerprint density at radius 2 is 1.24 bits per heavy atom. The van der Waals surface area contributed by atoms with E-state index in [1.165, 1.54) is 27.4 Å². The molecule has 5 heteroatoms. The van der Waals surface area contributed by atoms with Crippen LogP contribution in [0.5, 0.6) is 0 Å². The second kappa shape index (κ2) is 11.7. The lowest BCUT2D eigenvalue weighted by Crippen LogP contribution is -2.35. The molecule has 0 saturated heterocycles. The Labute approximate surface area is 295 Å². The van der Waals surface area contributed by atoms with Crippen molar-refractivity contribution >= 4 is 55.4 Å². The van der Waals surface area contributed by atoms with E-state index in [4.69, 9.17) is 14.4 Å². The van der Waals surface area contributed by atoms with Crippen LogP contribution < -0.4 is 0 Å². The number of para-hydroxylation sites is 2. The van der Waals surface area contributed by atoms with E-state index in [0.717, 1.165) is 61.6 Å². The molecule has 0 aliphatic carbocycles. The lowest BCUT2D eigenvalue weighted by molar-refractivity contribution is 0.383. The van der Waals surface area contributed by atoms with Gasteiger partial charge in [-0.05, 0) is 71.3 Å². The van der Waals surface area contributed by atoms with Gasteiger partial charge in [-0.3, -0.25) is 0 Å². The Balaban J connectivity index is 1.10. The normalized spacial score (nSPS) is 14.8. The first kappa shape index (κ1) is 29.2. The van der Waals surface area contributed by atoms with Gasteiger partial charge >= 0.3 is 0 Å². The molecule has 2 aromatic heterocycles. The van der Waals surface area contributed by atoms with Crippen LogP contribution in [0.4, 0.5) is 0 Å². The minimum Gasteiger partial charge on any atom is -0.456 e. The van der Waals surface area contributed by atoms with Crippen molar-refractivity contribution in [2.45, 2.75) is 6.17 Å². The predicted octanol–water partition coefficient (Wildman–Crippen LogP) is 11.2. The number of amidine groups is 2. The molecule has 0 fully saturated rings. The highest BCUT2D eigenvalue weighted by Gasteiger charge is 2.27. The van der Waals surface area contributed by atoms with Gasteiger partial charge in [-0.2, -0.15) is 0 Å². The second-order valence-corrected chi connectivity index (χ2v) is 13.1. The van der Waals surface area contributed by atoms with Gasteiger partial charge in [0.05, 0.1) is 11.0 Å². The second-order valence-electron chi connectivity index (χ2n) is 13.1. The highest BCUT2D eigenvalue weighted by Crippen LogP contribution is 2.40. The summed E-state index contributed by atoms with van der Waals surface area (Å²) in [6, 6.07) is 59.5. The van der Waals surface area contributed by atoms with Gasteiger partial charge < -0.3 is 13.9 Å². The minimum absolute atomic E-state index is 0.205. The van der Waals surface area contributed by atoms with Crippen LogP contribution in [0.15, 0.2) is 184 Å². The molecule has 7 aromatic carbocycles. The maximum absolute atomic E-state index is 6.56. The zero-order valence-corrected chi connectivity index (χ0v) is 27.9. The molecule has 51 heavy (non-hydrogen) atoms. The van der Waals surface area contributed by atoms with Crippen molar-refractivity contribution < 1.29 is 4.42 Å². The highest BCUT2D eigenvalue weighted by atomic mass is 16.3. The molecule has 1 aliphatic heterocycles. The number of hydrogen-bond acceptors (Lipinski definition) is 4. The van der Waals surface area contributed by atoms with Gasteiger partial charge in [0.25, 0.3) is 0 Å². The fourth-order valence-corrected chi connectivity index (χ4v) is 7.64. The summed E-state index contributed by atoms with van der Waals surface area (Å²) in [5, 5.41) is 4.59. The van der Waals surface area contributed by atoms with Crippen molar-refractivity contribution in [1.29, 1.82) is 0 Å². The predicted molar refractivity (Wildman–Crippen MR) is 210 cm³/mol. The molecule has 3 heterocycles. The van der Waals surface area contributed by atoms with E-state index in [9.17, 15) is 0 Å². The van der Waals surface area contributed by atoms with Crippen LogP contribution in [0.2, 0.25) is 0 Å². The van der Waals surface area contributed by atoms with E-state index in [0.29, 0.717) is 0 Å². The van der Waals surface area contributed by atoms with Crippen molar-refractivity contribution in [3.8, 4) is 16.8 Å². The number of furan rings is 1. The fourth-order valence-electron chi connectivity index (χ4n) is 7.64. The number of aliphatic imine (C=N–C) groups is 2. The molecule has 0 amide bonds. The SMILES string of the molecule is CN1C(c2ccc3oc4cc(-c5cccc6c5c5ccccc5n6-c5ccccc5)ccc4c3c2)=NC(c2ccccc2)=NC1c1ccccc1. The Kier molecular flexibility index (Phi) is 6.71. The zero-order chi connectivity index (χ0) is 33.9. The molecule has 0 radical (unpaired) electrons. The fraction of sp³-hybridized carbons (Fsp3) is 0.0435. The van der Waals surface area contributed by atoms with Crippen LogP contribution in [-0.2, 0) is 0 Å². The number of rotatable bonds is 5. The summed E-state index contributed by atoms with van der Waals surface area (Å²) in [4.78, 5) is 12.4. The van der Waals surface area contributed by atoms with Gasteiger partial charge in [-0.1, -0.05) is 115 Å². The summed E-state index contributed by atoms with van der Waals surface area (Å²) in [5.74, 6) is 1.59. The Bertz CT molecular complexity index is 2810. The molecule has 0 saturated carbocycles. The Hall–Kier alpha value is -6.72. The van der Waals surface area contributed by atoms with Gasteiger partial charge in [-0.15, -0.1) is 0 Å². The topological polar surface area (TPSA) is 46.0 Å². The molecule has 0 bridgehead atoms. The van der Waals surface area contributed by atoms with Crippen molar-refractivity contribution in [1.82, 2.24) is 9.47 Å². The molecule has 242 valence electrons. The van der Waals surface area contributed by atoms with Crippen molar-refractivity contribution in [2.75, 3.05) is 7.05 Å². The van der Waals surface area contributed by atoms with E-state index in [2.05, 4.69) is 162 Å². The smallest absolute Gasteiger partial charge is 0.159 e. The van der Waals surface area contributed by atoms with Crippen molar-refractivity contribution in [3.05, 3.63) is 187 Å². The molecule has 1 atom stereocenters. The molecular weight excluding hydrogens is 625 g/mol. The summed E-state index contributed by atoms with van der Waals surface area (Å²) in [6.45, 7) is 0. The summed E-state index contributed by atoms with van der Waals surface area (Å²) >= 11 is 0. The van der Waals surface area contributed by atoms with Gasteiger partial charge in [0.2, 0.25) is 0 Å². The molecule has 1 aliphatic rings. The number of nitrogens with zero attached hydrogens (tertiary/aromatic N) is 4. The molecule has 0 spiro atoms.